The Morgan fingerprint density at radius 2 is 1.71 bits per heavy atom. The van der Waals surface area contributed by atoms with Gasteiger partial charge in [0.25, 0.3) is 6.43 Å². The van der Waals surface area contributed by atoms with Crippen molar-refractivity contribution >= 4 is 29.2 Å². The number of halogens is 2. The fraction of sp³-hybridized carbons (Fsp3) is 0.478. The number of carbonyl (C=O) groups is 1. The Morgan fingerprint density at radius 3 is 2.44 bits per heavy atom. The van der Waals surface area contributed by atoms with Crippen LogP contribution in [0.3, 0.4) is 0 Å². The van der Waals surface area contributed by atoms with Crippen LogP contribution in [0.1, 0.15) is 37.9 Å². The normalized spacial score (nSPS) is 21.1. The van der Waals surface area contributed by atoms with Crippen molar-refractivity contribution in [3.05, 3.63) is 36.2 Å². The molecule has 1 saturated heterocycles. The number of fused-ring (bicyclic) bond motifs is 1. The number of amides is 1. The molecule has 1 aromatic carbocycles. The van der Waals surface area contributed by atoms with E-state index < -0.39 is 6.43 Å². The molecule has 34 heavy (non-hydrogen) atoms. The number of anilines is 2. The van der Waals surface area contributed by atoms with E-state index in [9.17, 15) is 13.6 Å². The van der Waals surface area contributed by atoms with E-state index in [1.54, 1.807) is 30.3 Å². The van der Waals surface area contributed by atoms with Gasteiger partial charge in [0.15, 0.2) is 5.82 Å². The Kier molecular flexibility index (Phi) is 6.52. The maximum atomic E-state index is 14.0. The first-order valence-corrected chi connectivity index (χ1v) is 11.6. The molecule has 2 N–H and O–H groups in total. The summed E-state index contributed by atoms with van der Waals surface area (Å²) in [6, 6.07) is 9.10. The van der Waals surface area contributed by atoms with Crippen LogP contribution in [0.5, 0.6) is 0 Å². The standard InChI is InChI=1S/C23H27F2N7O2/c24-21(25)22-28-17-3-1-2-4-18(17)32(22)20-13-19(31-9-11-34-12-10-31)29-23(30-20)27-16-7-5-15(6-8-16)26-14-33/h1-4,13-16,21H,5-12H2,(H,26,33)(H,27,29,30). The Hall–Kier alpha value is -3.34. The van der Waals surface area contributed by atoms with Crippen LogP contribution in [0, 0.1) is 0 Å². The molecule has 1 amide bonds. The van der Waals surface area contributed by atoms with Gasteiger partial charge in [0, 0.05) is 31.2 Å². The number of rotatable bonds is 7. The number of para-hydroxylation sites is 2. The highest BCUT2D eigenvalue weighted by molar-refractivity contribution is 5.78. The minimum Gasteiger partial charge on any atom is -0.378 e. The molecule has 180 valence electrons. The highest BCUT2D eigenvalue weighted by Gasteiger charge is 2.25. The lowest BCUT2D eigenvalue weighted by molar-refractivity contribution is -0.110. The van der Waals surface area contributed by atoms with E-state index in [2.05, 4.69) is 25.5 Å². The average molecular weight is 472 g/mol. The Labute approximate surface area is 195 Å². The molecule has 1 saturated carbocycles. The Balaban J connectivity index is 1.52. The van der Waals surface area contributed by atoms with Crippen LogP contribution < -0.4 is 15.5 Å². The molecule has 1 aliphatic carbocycles. The minimum absolute atomic E-state index is 0.131. The second kappa shape index (κ2) is 9.88. The van der Waals surface area contributed by atoms with Gasteiger partial charge in [-0.1, -0.05) is 12.1 Å². The second-order valence-electron chi connectivity index (χ2n) is 8.58. The maximum Gasteiger partial charge on any atom is 0.296 e. The van der Waals surface area contributed by atoms with Crippen molar-refractivity contribution in [2.75, 3.05) is 36.5 Å². The number of hydrogen-bond donors (Lipinski definition) is 2. The number of nitrogens with one attached hydrogen (secondary N) is 2. The van der Waals surface area contributed by atoms with E-state index in [0.717, 1.165) is 32.1 Å². The van der Waals surface area contributed by atoms with Crippen LogP contribution in [-0.4, -0.2) is 64.3 Å². The Morgan fingerprint density at radius 1 is 1.00 bits per heavy atom. The van der Waals surface area contributed by atoms with E-state index in [1.807, 2.05) is 0 Å². The number of carbonyl (C=O) groups excluding carboxylic acids is 1. The first-order chi connectivity index (χ1) is 16.6. The molecule has 9 nitrogen and oxygen atoms in total. The predicted molar refractivity (Wildman–Crippen MR) is 124 cm³/mol. The topological polar surface area (TPSA) is 97.2 Å². The molecule has 5 rings (SSSR count). The average Bonchev–Trinajstić information content (AvgIpc) is 3.26. The molecule has 0 atom stereocenters. The summed E-state index contributed by atoms with van der Waals surface area (Å²) >= 11 is 0. The smallest absolute Gasteiger partial charge is 0.296 e. The molecular weight excluding hydrogens is 444 g/mol. The SMILES string of the molecule is O=CNC1CCC(Nc2nc(N3CCOCC3)cc(-n3c(C(F)F)nc4ccccc43)n2)CC1. The summed E-state index contributed by atoms with van der Waals surface area (Å²) in [7, 11) is 0. The molecule has 2 aromatic heterocycles. The van der Waals surface area contributed by atoms with E-state index in [0.29, 0.717) is 54.9 Å². The highest BCUT2D eigenvalue weighted by Crippen LogP contribution is 2.30. The van der Waals surface area contributed by atoms with Crippen molar-refractivity contribution < 1.29 is 18.3 Å². The van der Waals surface area contributed by atoms with Gasteiger partial charge < -0.3 is 20.3 Å². The molecule has 2 aliphatic rings. The zero-order chi connectivity index (χ0) is 23.5. The molecule has 0 spiro atoms. The minimum atomic E-state index is -2.76. The Bertz CT molecular complexity index is 1140. The van der Waals surface area contributed by atoms with Crippen molar-refractivity contribution in [1.29, 1.82) is 0 Å². The van der Waals surface area contributed by atoms with Crippen molar-refractivity contribution in [2.24, 2.45) is 0 Å². The van der Waals surface area contributed by atoms with Crippen molar-refractivity contribution in [2.45, 2.75) is 44.2 Å². The van der Waals surface area contributed by atoms with Crippen molar-refractivity contribution in [3.8, 4) is 5.82 Å². The van der Waals surface area contributed by atoms with E-state index in [4.69, 9.17) is 9.72 Å². The molecule has 0 radical (unpaired) electrons. The summed E-state index contributed by atoms with van der Waals surface area (Å²) < 4.78 is 34.8. The third-order valence-corrected chi connectivity index (χ3v) is 6.41. The monoisotopic (exact) mass is 471 g/mol. The highest BCUT2D eigenvalue weighted by atomic mass is 19.3. The van der Waals surface area contributed by atoms with Gasteiger partial charge >= 0.3 is 0 Å². The number of imidazole rings is 1. The van der Waals surface area contributed by atoms with Gasteiger partial charge in [0.2, 0.25) is 12.4 Å². The lowest BCUT2D eigenvalue weighted by atomic mass is 9.91. The molecule has 1 aliphatic heterocycles. The van der Waals surface area contributed by atoms with Gasteiger partial charge in [-0.2, -0.15) is 9.97 Å². The lowest BCUT2D eigenvalue weighted by Gasteiger charge is -2.30. The van der Waals surface area contributed by atoms with Crippen LogP contribution in [0.15, 0.2) is 30.3 Å². The predicted octanol–water partition coefficient (Wildman–Crippen LogP) is 3.06. The van der Waals surface area contributed by atoms with Crippen LogP contribution >= 0.6 is 0 Å². The molecule has 2 fully saturated rings. The number of hydrogen-bond acceptors (Lipinski definition) is 7. The first-order valence-electron chi connectivity index (χ1n) is 11.6. The van der Waals surface area contributed by atoms with Gasteiger partial charge in [0.1, 0.15) is 11.6 Å². The van der Waals surface area contributed by atoms with Crippen LogP contribution in [0.4, 0.5) is 20.5 Å². The fourth-order valence-electron chi connectivity index (χ4n) is 4.67. The van der Waals surface area contributed by atoms with E-state index in [1.165, 1.54) is 4.57 Å². The number of alkyl halides is 2. The van der Waals surface area contributed by atoms with Crippen LogP contribution in [0.2, 0.25) is 0 Å². The largest absolute Gasteiger partial charge is 0.378 e. The molecule has 3 aromatic rings. The number of benzene rings is 1. The lowest BCUT2D eigenvalue weighted by Crippen LogP contribution is -2.38. The summed E-state index contributed by atoms with van der Waals surface area (Å²) in [5, 5.41) is 6.25. The maximum absolute atomic E-state index is 14.0. The third kappa shape index (κ3) is 4.65. The number of nitrogens with zero attached hydrogens (tertiary/aromatic N) is 5. The van der Waals surface area contributed by atoms with Gasteiger partial charge in [-0.3, -0.25) is 9.36 Å². The van der Waals surface area contributed by atoms with Crippen molar-refractivity contribution in [3.63, 3.8) is 0 Å². The number of ether oxygens (including phenoxy) is 1. The quantitative estimate of drug-likeness (QED) is 0.511. The molecule has 3 heterocycles. The first kappa shape index (κ1) is 22.5. The summed E-state index contributed by atoms with van der Waals surface area (Å²) in [5.41, 5.74) is 1.05. The summed E-state index contributed by atoms with van der Waals surface area (Å²) in [5.74, 6) is 1.05. The summed E-state index contributed by atoms with van der Waals surface area (Å²) in [4.78, 5) is 26.3. The number of aromatic nitrogens is 4. The molecule has 0 unspecified atom stereocenters. The van der Waals surface area contributed by atoms with Gasteiger partial charge in [0.05, 0.1) is 24.2 Å². The summed E-state index contributed by atoms with van der Waals surface area (Å²) in [6.45, 7) is 2.47. The molecule has 0 bridgehead atoms. The zero-order valence-electron chi connectivity index (χ0n) is 18.7. The van der Waals surface area contributed by atoms with Gasteiger partial charge in [-0.25, -0.2) is 13.8 Å². The van der Waals surface area contributed by atoms with Crippen molar-refractivity contribution in [1.82, 2.24) is 24.8 Å². The zero-order valence-corrected chi connectivity index (χ0v) is 18.7. The third-order valence-electron chi connectivity index (χ3n) is 6.41. The van der Waals surface area contributed by atoms with E-state index in [-0.39, 0.29) is 17.9 Å². The number of morpholine rings is 1. The second-order valence-corrected chi connectivity index (χ2v) is 8.58. The fourth-order valence-corrected chi connectivity index (χ4v) is 4.67. The molecule has 11 heteroatoms. The van der Waals surface area contributed by atoms with Crippen LogP contribution in [0.25, 0.3) is 16.9 Å². The van der Waals surface area contributed by atoms with Crippen LogP contribution in [-0.2, 0) is 9.53 Å². The van der Waals surface area contributed by atoms with Gasteiger partial charge in [-0.15, -0.1) is 0 Å². The van der Waals surface area contributed by atoms with Gasteiger partial charge in [-0.05, 0) is 37.8 Å². The van der Waals surface area contributed by atoms with E-state index >= 15 is 0 Å². The summed E-state index contributed by atoms with van der Waals surface area (Å²) in [6.07, 6.45) is 1.40. The molecular formula is C23H27F2N7O2.